The molecule has 3 rings (SSSR count). The van der Waals surface area contributed by atoms with Crippen LogP contribution in [-0.2, 0) is 0 Å². The predicted molar refractivity (Wildman–Crippen MR) is 113 cm³/mol. The van der Waals surface area contributed by atoms with Crippen molar-refractivity contribution < 1.29 is 19.1 Å². The van der Waals surface area contributed by atoms with Crippen LogP contribution in [0, 0.1) is 0 Å². The molecule has 29 heavy (non-hydrogen) atoms. The number of para-hydroxylation sites is 2. The Hall–Kier alpha value is -3.80. The van der Waals surface area contributed by atoms with Crippen molar-refractivity contribution >= 4 is 23.2 Å². The first-order valence-corrected chi connectivity index (χ1v) is 9.00. The molecule has 0 unspecified atom stereocenters. The third-order valence-corrected chi connectivity index (χ3v) is 4.51. The Morgan fingerprint density at radius 1 is 0.759 bits per heavy atom. The molecule has 6 heteroatoms. The summed E-state index contributed by atoms with van der Waals surface area (Å²) >= 11 is 0. The number of nitrogens with one attached hydrogen (secondary N) is 1. The van der Waals surface area contributed by atoms with Gasteiger partial charge >= 0.3 is 0 Å². The molecule has 0 saturated carbocycles. The molecular formula is C23H22N2O4. The summed E-state index contributed by atoms with van der Waals surface area (Å²) < 4.78 is 10.3. The Bertz CT molecular complexity index is 998. The number of rotatable bonds is 6. The van der Waals surface area contributed by atoms with Crippen molar-refractivity contribution in [3.05, 3.63) is 83.9 Å². The number of anilines is 2. The SMILES string of the molecule is COc1ccc(C(=O)Nc2ccccc2N(C)C(=O)c2ccc(OC)cc2)cc1. The monoisotopic (exact) mass is 390 g/mol. The fourth-order valence-corrected chi connectivity index (χ4v) is 2.85. The summed E-state index contributed by atoms with van der Waals surface area (Å²) in [5.74, 6) is 0.882. The number of nitrogens with zero attached hydrogens (tertiary/aromatic N) is 1. The highest BCUT2D eigenvalue weighted by atomic mass is 16.5. The zero-order valence-corrected chi connectivity index (χ0v) is 16.5. The number of amides is 2. The van der Waals surface area contributed by atoms with Crippen molar-refractivity contribution in [2.24, 2.45) is 0 Å². The first kappa shape index (κ1) is 19.9. The van der Waals surface area contributed by atoms with Gasteiger partial charge in [-0.3, -0.25) is 9.59 Å². The molecule has 6 nitrogen and oxygen atoms in total. The van der Waals surface area contributed by atoms with Gasteiger partial charge in [0.05, 0.1) is 25.6 Å². The summed E-state index contributed by atoms with van der Waals surface area (Å²) in [6.07, 6.45) is 0. The van der Waals surface area contributed by atoms with E-state index in [1.807, 2.05) is 6.07 Å². The van der Waals surface area contributed by atoms with Crippen molar-refractivity contribution in [1.82, 2.24) is 0 Å². The molecule has 0 saturated heterocycles. The van der Waals surface area contributed by atoms with Gasteiger partial charge in [0, 0.05) is 18.2 Å². The van der Waals surface area contributed by atoms with E-state index in [4.69, 9.17) is 9.47 Å². The predicted octanol–water partition coefficient (Wildman–Crippen LogP) is 4.23. The van der Waals surface area contributed by atoms with Gasteiger partial charge in [-0.25, -0.2) is 0 Å². The molecule has 3 aromatic carbocycles. The van der Waals surface area contributed by atoms with Gasteiger partial charge in [-0.1, -0.05) is 12.1 Å². The fraction of sp³-hybridized carbons (Fsp3) is 0.130. The molecule has 0 aliphatic carbocycles. The van der Waals surface area contributed by atoms with Crippen molar-refractivity contribution in [2.75, 3.05) is 31.5 Å². The highest BCUT2D eigenvalue weighted by Gasteiger charge is 2.18. The van der Waals surface area contributed by atoms with E-state index in [0.29, 0.717) is 34.0 Å². The average molecular weight is 390 g/mol. The summed E-state index contributed by atoms with van der Waals surface area (Å²) in [6.45, 7) is 0. The second kappa shape index (κ2) is 8.93. The molecule has 2 amide bonds. The molecule has 0 fully saturated rings. The highest BCUT2D eigenvalue weighted by molar-refractivity contribution is 6.10. The molecule has 0 bridgehead atoms. The van der Waals surface area contributed by atoms with Gasteiger partial charge in [0.15, 0.2) is 0 Å². The second-order valence-corrected chi connectivity index (χ2v) is 6.29. The zero-order chi connectivity index (χ0) is 20.8. The lowest BCUT2D eigenvalue weighted by Gasteiger charge is -2.21. The largest absolute Gasteiger partial charge is 0.497 e. The standard InChI is InChI=1S/C23H22N2O4/c1-25(23(27)17-10-14-19(29-3)15-11-17)21-7-5-4-6-20(21)24-22(26)16-8-12-18(28-2)13-9-16/h4-15H,1-3H3,(H,24,26). The molecule has 0 aromatic heterocycles. The van der Waals surface area contributed by atoms with Gasteiger partial charge in [-0.05, 0) is 60.7 Å². The molecule has 0 atom stereocenters. The van der Waals surface area contributed by atoms with E-state index in [1.165, 1.54) is 4.90 Å². The van der Waals surface area contributed by atoms with E-state index in [9.17, 15) is 9.59 Å². The zero-order valence-electron chi connectivity index (χ0n) is 16.5. The third kappa shape index (κ3) is 4.55. The van der Waals surface area contributed by atoms with Crippen molar-refractivity contribution in [3.8, 4) is 11.5 Å². The molecule has 0 spiro atoms. The van der Waals surface area contributed by atoms with Crippen LogP contribution in [0.3, 0.4) is 0 Å². The number of ether oxygens (including phenoxy) is 2. The quantitative estimate of drug-likeness (QED) is 0.684. The van der Waals surface area contributed by atoms with Crippen molar-refractivity contribution in [2.45, 2.75) is 0 Å². The van der Waals surface area contributed by atoms with Crippen molar-refractivity contribution in [3.63, 3.8) is 0 Å². The van der Waals surface area contributed by atoms with Crippen LogP contribution in [0.5, 0.6) is 11.5 Å². The Morgan fingerprint density at radius 2 is 1.28 bits per heavy atom. The van der Waals surface area contributed by atoms with Gasteiger partial charge in [-0.15, -0.1) is 0 Å². The number of carbonyl (C=O) groups excluding carboxylic acids is 2. The van der Waals surface area contributed by atoms with Gasteiger partial charge in [-0.2, -0.15) is 0 Å². The third-order valence-electron chi connectivity index (χ3n) is 4.51. The second-order valence-electron chi connectivity index (χ2n) is 6.29. The average Bonchev–Trinajstić information content (AvgIpc) is 2.78. The highest BCUT2D eigenvalue weighted by Crippen LogP contribution is 2.27. The molecular weight excluding hydrogens is 368 g/mol. The van der Waals surface area contributed by atoms with E-state index in [0.717, 1.165) is 0 Å². The van der Waals surface area contributed by atoms with Crippen LogP contribution in [0.2, 0.25) is 0 Å². The number of hydrogen-bond acceptors (Lipinski definition) is 4. The maximum atomic E-state index is 12.9. The van der Waals surface area contributed by atoms with Crippen LogP contribution in [0.25, 0.3) is 0 Å². The Labute approximate surface area is 169 Å². The minimum atomic E-state index is -0.273. The lowest BCUT2D eigenvalue weighted by Crippen LogP contribution is -2.27. The van der Waals surface area contributed by atoms with Crippen LogP contribution >= 0.6 is 0 Å². The van der Waals surface area contributed by atoms with Gasteiger partial charge in [0.1, 0.15) is 11.5 Å². The van der Waals surface area contributed by atoms with E-state index in [2.05, 4.69) is 5.32 Å². The number of benzene rings is 3. The van der Waals surface area contributed by atoms with Gasteiger partial charge in [0.2, 0.25) is 0 Å². The molecule has 0 aliphatic rings. The summed E-state index contributed by atoms with van der Waals surface area (Å²) in [6, 6.07) is 20.9. The Balaban J connectivity index is 1.81. The fourth-order valence-electron chi connectivity index (χ4n) is 2.85. The molecule has 0 radical (unpaired) electrons. The first-order chi connectivity index (χ1) is 14.0. The smallest absolute Gasteiger partial charge is 0.258 e. The maximum Gasteiger partial charge on any atom is 0.258 e. The van der Waals surface area contributed by atoms with E-state index >= 15 is 0 Å². The number of hydrogen-bond donors (Lipinski definition) is 1. The van der Waals surface area contributed by atoms with Gasteiger partial charge < -0.3 is 19.7 Å². The number of methoxy groups -OCH3 is 2. The summed E-state index contributed by atoms with van der Waals surface area (Å²) in [5.41, 5.74) is 2.14. The van der Waals surface area contributed by atoms with Crippen LogP contribution in [0.1, 0.15) is 20.7 Å². The number of carbonyl (C=O) groups is 2. The lowest BCUT2D eigenvalue weighted by molar-refractivity contribution is 0.0989. The first-order valence-electron chi connectivity index (χ1n) is 9.00. The van der Waals surface area contributed by atoms with Crippen LogP contribution < -0.4 is 19.7 Å². The summed E-state index contributed by atoms with van der Waals surface area (Å²) in [4.78, 5) is 27.0. The van der Waals surface area contributed by atoms with Crippen LogP contribution in [0.15, 0.2) is 72.8 Å². The lowest BCUT2D eigenvalue weighted by atomic mass is 10.1. The molecule has 0 aliphatic heterocycles. The van der Waals surface area contributed by atoms with E-state index in [-0.39, 0.29) is 11.8 Å². The molecule has 1 N–H and O–H groups in total. The Morgan fingerprint density at radius 3 is 1.83 bits per heavy atom. The van der Waals surface area contributed by atoms with Crippen LogP contribution in [-0.4, -0.2) is 33.1 Å². The van der Waals surface area contributed by atoms with E-state index < -0.39 is 0 Å². The topological polar surface area (TPSA) is 67.9 Å². The Kier molecular flexibility index (Phi) is 6.14. The minimum Gasteiger partial charge on any atom is -0.497 e. The minimum absolute atomic E-state index is 0.196. The summed E-state index contributed by atoms with van der Waals surface area (Å²) in [5, 5.41) is 2.88. The molecule has 148 valence electrons. The summed E-state index contributed by atoms with van der Waals surface area (Å²) in [7, 11) is 4.82. The van der Waals surface area contributed by atoms with Crippen LogP contribution in [0.4, 0.5) is 11.4 Å². The van der Waals surface area contributed by atoms with E-state index in [1.54, 1.807) is 88.0 Å². The molecule has 3 aromatic rings. The van der Waals surface area contributed by atoms with Crippen molar-refractivity contribution in [1.29, 1.82) is 0 Å². The maximum absolute atomic E-state index is 12.9. The molecule has 0 heterocycles. The normalized spacial score (nSPS) is 10.2. The van der Waals surface area contributed by atoms with Gasteiger partial charge in [0.25, 0.3) is 11.8 Å².